The van der Waals surface area contributed by atoms with Crippen LogP contribution >= 0.6 is 0 Å². The molecule has 0 spiro atoms. The highest BCUT2D eigenvalue weighted by atomic mass is 32.2. The Morgan fingerprint density at radius 1 is 1.08 bits per heavy atom. The molecule has 25 heavy (non-hydrogen) atoms. The van der Waals surface area contributed by atoms with E-state index in [-0.39, 0.29) is 10.8 Å². The standard InChI is InChI=1S/C17H24N2O5S/c1-12(2)17(21)24-13(3)16(20)18-14-6-8-15(9-7-14)25(22,23)19-10-4-5-11-19/h6-9,12-13H,4-5,10-11H2,1-3H3,(H,18,20)/t13-/m0/s1. The van der Waals surface area contributed by atoms with Crippen molar-refractivity contribution in [2.45, 2.75) is 44.6 Å². The average Bonchev–Trinajstić information content (AvgIpc) is 3.10. The molecule has 7 nitrogen and oxygen atoms in total. The largest absolute Gasteiger partial charge is 0.452 e. The Kier molecular flexibility index (Phi) is 6.18. The Labute approximate surface area is 148 Å². The minimum atomic E-state index is -3.47. The Hall–Kier alpha value is -1.93. The van der Waals surface area contributed by atoms with E-state index in [4.69, 9.17) is 4.74 Å². The van der Waals surface area contributed by atoms with E-state index in [2.05, 4.69) is 5.32 Å². The van der Waals surface area contributed by atoms with Gasteiger partial charge in [0.25, 0.3) is 5.91 Å². The molecule has 1 amide bonds. The summed E-state index contributed by atoms with van der Waals surface area (Å²) in [6.45, 7) is 5.94. The molecule has 0 unspecified atom stereocenters. The normalized spacial score (nSPS) is 16.6. The van der Waals surface area contributed by atoms with Crippen LogP contribution in [0.5, 0.6) is 0 Å². The molecule has 138 valence electrons. The number of nitrogens with one attached hydrogen (secondary N) is 1. The summed E-state index contributed by atoms with van der Waals surface area (Å²) in [6.07, 6.45) is 0.823. The number of amides is 1. The third-order valence-corrected chi connectivity index (χ3v) is 5.87. The van der Waals surface area contributed by atoms with Crippen molar-refractivity contribution in [1.29, 1.82) is 0 Å². The molecule has 0 radical (unpaired) electrons. The van der Waals surface area contributed by atoms with E-state index >= 15 is 0 Å². The summed E-state index contributed by atoms with van der Waals surface area (Å²) in [6, 6.07) is 5.98. The van der Waals surface area contributed by atoms with E-state index < -0.39 is 28.0 Å². The molecule has 8 heteroatoms. The number of carbonyl (C=O) groups is 2. The Morgan fingerprint density at radius 2 is 1.64 bits per heavy atom. The van der Waals surface area contributed by atoms with Gasteiger partial charge in [0.1, 0.15) is 0 Å². The Bertz CT molecular complexity index is 722. The van der Waals surface area contributed by atoms with E-state index in [1.807, 2.05) is 0 Å². The first-order valence-electron chi connectivity index (χ1n) is 8.33. The van der Waals surface area contributed by atoms with E-state index in [0.29, 0.717) is 18.8 Å². The van der Waals surface area contributed by atoms with Crippen molar-refractivity contribution >= 4 is 27.6 Å². The van der Waals surface area contributed by atoms with Crippen LogP contribution in [0.25, 0.3) is 0 Å². The van der Waals surface area contributed by atoms with Crippen molar-refractivity contribution in [2.75, 3.05) is 18.4 Å². The van der Waals surface area contributed by atoms with Crippen molar-refractivity contribution in [3.8, 4) is 0 Å². The van der Waals surface area contributed by atoms with Gasteiger partial charge in [-0.2, -0.15) is 4.31 Å². The molecule has 1 N–H and O–H groups in total. The smallest absolute Gasteiger partial charge is 0.309 e. The van der Waals surface area contributed by atoms with Gasteiger partial charge in [-0.1, -0.05) is 13.8 Å². The van der Waals surface area contributed by atoms with Crippen LogP contribution in [0.3, 0.4) is 0 Å². The van der Waals surface area contributed by atoms with Gasteiger partial charge in [0.05, 0.1) is 10.8 Å². The first-order chi connectivity index (χ1) is 11.7. The quantitative estimate of drug-likeness (QED) is 0.775. The lowest BCUT2D eigenvalue weighted by atomic mass is 10.2. The number of nitrogens with zero attached hydrogens (tertiary/aromatic N) is 1. The van der Waals surface area contributed by atoms with Gasteiger partial charge in [-0.05, 0) is 44.0 Å². The third kappa shape index (κ3) is 4.79. The second-order valence-corrected chi connectivity index (χ2v) is 8.30. The predicted octanol–water partition coefficient (Wildman–Crippen LogP) is 2.00. The van der Waals surface area contributed by atoms with Crippen molar-refractivity contribution in [3.05, 3.63) is 24.3 Å². The van der Waals surface area contributed by atoms with E-state index in [1.165, 1.54) is 35.5 Å². The maximum atomic E-state index is 12.4. The van der Waals surface area contributed by atoms with E-state index in [9.17, 15) is 18.0 Å². The highest BCUT2D eigenvalue weighted by molar-refractivity contribution is 7.89. The summed E-state index contributed by atoms with van der Waals surface area (Å²) in [7, 11) is -3.47. The first-order valence-corrected chi connectivity index (χ1v) is 9.77. The zero-order valence-electron chi connectivity index (χ0n) is 14.7. The monoisotopic (exact) mass is 368 g/mol. The zero-order valence-corrected chi connectivity index (χ0v) is 15.5. The van der Waals surface area contributed by atoms with Crippen LogP contribution in [0.1, 0.15) is 33.6 Å². The molecule has 0 aliphatic carbocycles. The molecular formula is C17H24N2O5S. The van der Waals surface area contributed by atoms with Crippen LogP contribution in [-0.2, 0) is 24.3 Å². The van der Waals surface area contributed by atoms with E-state index in [1.54, 1.807) is 13.8 Å². The lowest BCUT2D eigenvalue weighted by Gasteiger charge is -2.17. The number of carbonyl (C=O) groups excluding carboxylic acids is 2. The van der Waals surface area contributed by atoms with Gasteiger partial charge >= 0.3 is 5.97 Å². The third-order valence-electron chi connectivity index (χ3n) is 3.96. The SMILES string of the molecule is CC(C)C(=O)O[C@@H](C)C(=O)Nc1ccc(S(=O)(=O)N2CCCC2)cc1. The highest BCUT2D eigenvalue weighted by Crippen LogP contribution is 2.22. The molecule has 1 aromatic carbocycles. The molecule has 1 aliphatic rings. The zero-order chi connectivity index (χ0) is 18.6. The fourth-order valence-corrected chi connectivity index (χ4v) is 3.91. The molecule has 1 heterocycles. The Morgan fingerprint density at radius 3 is 2.16 bits per heavy atom. The molecule has 0 aromatic heterocycles. The molecule has 0 saturated carbocycles. The van der Waals surface area contributed by atoms with Gasteiger partial charge < -0.3 is 10.1 Å². The lowest BCUT2D eigenvalue weighted by Crippen LogP contribution is -2.31. The van der Waals surface area contributed by atoms with Crippen LogP contribution in [0.4, 0.5) is 5.69 Å². The maximum absolute atomic E-state index is 12.4. The molecule has 1 saturated heterocycles. The Balaban J connectivity index is 2.00. The summed E-state index contributed by atoms with van der Waals surface area (Å²) in [5, 5.41) is 2.61. The topological polar surface area (TPSA) is 92.8 Å². The number of hydrogen-bond acceptors (Lipinski definition) is 5. The van der Waals surface area contributed by atoms with Crippen LogP contribution in [0.2, 0.25) is 0 Å². The van der Waals surface area contributed by atoms with Crippen LogP contribution in [0, 0.1) is 5.92 Å². The van der Waals surface area contributed by atoms with Crippen molar-refractivity contribution in [3.63, 3.8) is 0 Å². The van der Waals surface area contributed by atoms with Crippen LogP contribution in [-0.4, -0.2) is 43.8 Å². The molecule has 1 fully saturated rings. The van der Waals surface area contributed by atoms with Crippen LogP contribution in [0.15, 0.2) is 29.2 Å². The first kappa shape index (κ1) is 19.4. The van der Waals surface area contributed by atoms with Gasteiger partial charge in [-0.3, -0.25) is 9.59 Å². The summed E-state index contributed by atoms with van der Waals surface area (Å²) >= 11 is 0. The number of hydrogen-bond donors (Lipinski definition) is 1. The van der Waals surface area contributed by atoms with Gasteiger partial charge in [0.2, 0.25) is 10.0 Å². The van der Waals surface area contributed by atoms with Gasteiger partial charge in [0.15, 0.2) is 6.10 Å². The minimum Gasteiger partial charge on any atom is -0.452 e. The fraction of sp³-hybridized carbons (Fsp3) is 0.529. The average molecular weight is 368 g/mol. The number of benzene rings is 1. The molecule has 1 aliphatic heterocycles. The molecule has 0 bridgehead atoms. The van der Waals surface area contributed by atoms with Crippen molar-refractivity contribution in [2.24, 2.45) is 5.92 Å². The second kappa shape index (κ2) is 7.97. The van der Waals surface area contributed by atoms with Gasteiger partial charge in [-0.25, -0.2) is 8.42 Å². The lowest BCUT2D eigenvalue weighted by molar-refractivity contribution is -0.156. The molecule has 1 aromatic rings. The van der Waals surface area contributed by atoms with Crippen molar-refractivity contribution < 1.29 is 22.7 Å². The minimum absolute atomic E-state index is 0.201. The number of sulfonamides is 1. The molecular weight excluding hydrogens is 344 g/mol. The summed E-state index contributed by atoms with van der Waals surface area (Å²) < 4.78 is 31.4. The summed E-state index contributed by atoms with van der Waals surface area (Å²) in [4.78, 5) is 23.8. The summed E-state index contributed by atoms with van der Waals surface area (Å²) in [5.74, 6) is -1.23. The van der Waals surface area contributed by atoms with Gasteiger partial charge in [-0.15, -0.1) is 0 Å². The van der Waals surface area contributed by atoms with Crippen LogP contribution < -0.4 is 5.32 Å². The number of ether oxygens (including phenoxy) is 1. The highest BCUT2D eigenvalue weighted by Gasteiger charge is 2.27. The number of esters is 1. The maximum Gasteiger partial charge on any atom is 0.309 e. The molecule has 2 rings (SSSR count). The fourth-order valence-electron chi connectivity index (χ4n) is 2.40. The number of anilines is 1. The second-order valence-electron chi connectivity index (χ2n) is 6.36. The number of rotatable bonds is 6. The van der Waals surface area contributed by atoms with E-state index in [0.717, 1.165) is 12.8 Å². The molecule has 1 atom stereocenters. The van der Waals surface area contributed by atoms with Gasteiger partial charge in [0, 0.05) is 18.8 Å². The predicted molar refractivity (Wildman–Crippen MR) is 93.5 cm³/mol. The summed E-state index contributed by atoms with van der Waals surface area (Å²) in [5.41, 5.74) is 0.442. The van der Waals surface area contributed by atoms with Crippen molar-refractivity contribution in [1.82, 2.24) is 4.31 Å².